The first-order chi connectivity index (χ1) is 7.88. The van der Waals surface area contributed by atoms with Crippen molar-refractivity contribution < 1.29 is 9.72 Å². The van der Waals surface area contributed by atoms with Crippen LogP contribution in [0.2, 0.25) is 0 Å². The summed E-state index contributed by atoms with van der Waals surface area (Å²) < 4.78 is 0. The van der Waals surface area contributed by atoms with Crippen LogP contribution in [0.5, 0.6) is 0 Å². The van der Waals surface area contributed by atoms with Gasteiger partial charge < -0.3 is 5.32 Å². The average Bonchev–Trinajstić information content (AvgIpc) is 2.29. The Labute approximate surface area is 98.0 Å². The van der Waals surface area contributed by atoms with Gasteiger partial charge in [0, 0.05) is 6.07 Å². The van der Waals surface area contributed by atoms with Crippen LogP contribution in [0.4, 0.5) is 11.4 Å². The molecule has 0 fully saturated rings. The second-order valence-corrected chi connectivity index (χ2v) is 3.97. The minimum atomic E-state index is -1.23. The van der Waals surface area contributed by atoms with Crippen molar-refractivity contribution in [2.75, 3.05) is 5.32 Å². The zero-order valence-electron chi connectivity index (χ0n) is 9.43. The molecule has 0 spiro atoms. The lowest BCUT2D eigenvalue weighted by Gasteiger charge is -2.14. The van der Waals surface area contributed by atoms with Crippen molar-refractivity contribution >= 4 is 17.3 Å². The molecule has 17 heavy (non-hydrogen) atoms. The van der Waals surface area contributed by atoms with Gasteiger partial charge in [-0.2, -0.15) is 5.26 Å². The number of hydrogen-bond donors (Lipinski definition) is 1. The van der Waals surface area contributed by atoms with Crippen LogP contribution < -0.4 is 5.32 Å². The summed E-state index contributed by atoms with van der Waals surface area (Å²) in [5, 5.41) is 21.9. The summed E-state index contributed by atoms with van der Waals surface area (Å²) in [7, 11) is 0. The van der Waals surface area contributed by atoms with Crippen molar-refractivity contribution in [1.29, 1.82) is 5.26 Å². The fourth-order valence-electron chi connectivity index (χ4n) is 1.07. The Morgan fingerprint density at radius 1 is 1.47 bits per heavy atom. The highest BCUT2D eigenvalue weighted by molar-refractivity contribution is 5.98. The maximum atomic E-state index is 11.7. The number of nitro groups is 1. The fraction of sp³-hybridized carbons (Fsp3) is 0.273. The fourth-order valence-corrected chi connectivity index (χ4v) is 1.07. The predicted octanol–water partition coefficient (Wildman–Crippen LogP) is 2.08. The molecule has 0 saturated heterocycles. The Morgan fingerprint density at radius 2 is 2.06 bits per heavy atom. The largest absolute Gasteiger partial charge is 0.319 e. The van der Waals surface area contributed by atoms with Crippen LogP contribution in [0.3, 0.4) is 0 Å². The number of nitro benzene ring substituents is 1. The summed E-state index contributed by atoms with van der Waals surface area (Å²) in [6, 6.07) is 7.61. The Kier molecular flexibility index (Phi) is 3.43. The van der Waals surface area contributed by atoms with Crippen molar-refractivity contribution in [2.24, 2.45) is 5.41 Å². The van der Waals surface area contributed by atoms with Crippen LogP contribution in [-0.2, 0) is 4.79 Å². The summed E-state index contributed by atoms with van der Waals surface area (Å²) in [5.74, 6) is -0.575. The Bertz CT molecular complexity index is 503. The molecule has 0 bridgehead atoms. The number of nitrogens with one attached hydrogen (secondary N) is 1. The molecule has 1 N–H and O–H groups in total. The van der Waals surface area contributed by atoms with E-state index >= 15 is 0 Å². The van der Waals surface area contributed by atoms with Gasteiger partial charge in [-0.25, -0.2) is 0 Å². The van der Waals surface area contributed by atoms with Crippen molar-refractivity contribution in [1.82, 2.24) is 0 Å². The van der Waals surface area contributed by atoms with Gasteiger partial charge in [-0.1, -0.05) is 12.1 Å². The molecule has 0 aliphatic heterocycles. The highest BCUT2D eigenvalue weighted by atomic mass is 16.6. The van der Waals surface area contributed by atoms with Crippen molar-refractivity contribution in [3.8, 4) is 6.07 Å². The van der Waals surface area contributed by atoms with Crippen LogP contribution in [-0.4, -0.2) is 10.8 Å². The minimum Gasteiger partial charge on any atom is -0.319 e. The molecule has 0 aromatic heterocycles. The van der Waals surface area contributed by atoms with Crippen LogP contribution in [0.25, 0.3) is 0 Å². The number of amides is 1. The summed E-state index contributed by atoms with van der Waals surface area (Å²) >= 11 is 0. The normalized spacial score (nSPS) is 10.4. The molecule has 1 aromatic rings. The second-order valence-electron chi connectivity index (χ2n) is 3.97. The lowest BCUT2D eigenvalue weighted by Crippen LogP contribution is -2.29. The van der Waals surface area contributed by atoms with E-state index in [4.69, 9.17) is 5.26 Å². The molecular formula is C11H11N3O3. The van der Waals surface area contributed by atoms with Crippen molar-refractivity contribution in [3.05, 3.63) is 34.4 Å². The van der Waals surface area contributed by atoms with Gasteiger partial charge in [0.05, 0.1) is 11.0 Å². The molecular weight excluding hydrogens is 222 g/mol. The topological polar surface area (TPSA) is 96.0 Å². The van der Waals surface area contributed by atoms with Crippen LogP contribution in [0, 0.1) is 26.9 Å². The number of carbonyl (C=O) groups excluding carboxylic acids is 1. The van der Waals surface area contributed by atoms with E-state index in [0.29, 0.717) is 0 Å². The van der Waals surface area contributed by atoms with Crippen molar-refractivity contribution in [2.45, 2.75) is 13.8 Å². The Hall–Kier alpha value is -2.42. The third-order valence-electron chi connectivity index (χ3n) is 2.20. The first kappa shape index (κ1) is 12.6. The van der Waals surface area contributed by atoms with Crippen LogP contribution >= 0.6 is 0 Å². The summed E-state index contributed by atoms with van der Waals surface area (Å²) in [5.41, 5.74) is -1.34. The van der Waals surface area contributed by atoms with Gasteiger partial charge in [-0.05, 0) is 19.9 Å². The number of para-hydroxylation sites is 2. The van der Waals surface area contributed by atoms with Crippen molar-refractivity contribution in [3.63, 3.8) is 0 Å². The van der Waals surface area contributed by atoms with Gasteiger partial charge in [-0.3, -0.25) is 14.9 Å². The first-order valence-electron chi connectivity index (χ1n) is 4.84. The summed E-state index contributed by atoms with van der Waals surface area (Å²) in [4.78, 5) is 21.8. The monoisotopic (exact) mass is 233 g/mol. The number of rotatable bonds is 3. The molecule has 6 nitrogen and oxygen atoms in total. The molecule has 0 heterocycles. The Morgan fingerprint density at radius 3 is 2.59 bits per heavy atom. The van der Waals surface area contributed by atoms with E-state index in [0.717, 1.165) is 0 Å². The lowest BCUT2D eigenvalue weighted by molar-refractivity contribution is -0.383. The van der Waals surface area contributed by atoms with Gasteiger partial charge in [0.2, 0.25) is 5.91 Å². The van der Waals surface area contributed by atoms with Gasteiger partial charge in [0.25, 0.3) is 5.69 Å². The molecule has 0 saturated carbocycles. The third-order valence-corrected chi connectivity index (χ3v) is 2.20. The molecule has 0 aliphatic rings. The summed E-state index contributed by atoms with van der Waals surface area (Å²) in [6.07, 6.45) is 0. The SMILES string of the molecule is CC(C)(C#N)C(=O)Nc1ccccc1[N+](=O)[O-]. The number of hydrogen-bond acceptors (Lipinski definition) is 4. The molecule has 0 aliphatic carbocycles. The van der Waals surface area contributed by atoms with Crippen LogP contribution in [0.1, 0.15) is 13.8 Å². The summed E-state index contributed by atoms with van der Waals surface area (Å²) in [6.45, 7) is 2.88. The quantitative estimate of drug-likeness (QED) is 0.638. The zero-order valence-corrected chi connectivity index (χ0v) is 9.43. The van der Waals surface area contributed by atoms with Gasteiger partial charge in [0.1, 0.15) is 11.1 Å². The molecule has 1 amide bonds. The highest BCUT2D eigenvalue weighted by Gasteiger charge is 2.28. The number of nitrogens with zero attached hydrogens (tertiary/aromatic N) is 2. The van der Waals surface area contributed by atoms with E-state index in [-0.39, 0.29) is 11.4 Å². The Balaban J connectivity index is 3.02. The molecule has 0 unspecified atom stereocenters. The number of anilines is 1. The molecule has 6 heteroatoms. The average molecular weight is 233 g/mol. The minimum absolute atomic E-state index is 0.0887. The molecule has 0 atom stereocenters. The molecule has 0 radical (unpaired) electrons. The van der Waals surface area contributed by atoms with E-state index in [1.807, 2.05) is 6.07 Å². The predicted molar refractivity (Wildman–Crippen MR) is 61.1 cm³/mol. The molecule has 1 rings (SSSR count). The molecule has 1 aromatic carbocycles. The standard InChI is InChI=1S/C11H11N3O3/c1-11(2,7-12)10(15)13-8-5-3-4-6-9(8)14(16)17/h3-6H,1-2H3,(H,13,15). The molecule has 88 valence electrons. The maximum Gasteiger partial charge on any atom is 0.292 e. The smallest absolute Gasteiger partial charge is 0.292 e. The van der Waals surface area contributed by atoms with Gasteiger partial charge in [-0.15, -0.1) is 0 Å². The zero-order chi connectivity index (χ0) is 13.1. The lowest BCUT2D eigenvalue weighted by atomic mass is 9.94. The van der Waals surface area contributed by atoms with E-state index < -0.39 is 16.2 Å². The number of carbonyl (C=O) groups is 1. The first-order valence-corrected chi connectivity index (χ1v) is 4.84. The maximum absolute atomic E-state index is 11.7. The van der Waals surface area contributed by atoms with E-state index in [1.165, 1.54) is 32.0 Å². The second kappa shape index (κ2) is 4.61. The van der Waals surface area contributed by atoms with E-state index in [9.17, 15) is 14.9 Å². The van der Waals surface area contributed by atoms with E-state index in [2.05, 4.69) is 5.32 Å². The number of nitriles is 1. The number of benzene rings is 1. The van der Waals surface area contributed by atoms with Crippen LogP contribution in [0.15, 0.2) is 24.3 Å². The van der Waals surface area contributed by atoms with Gasteiger partial charge >= 0.3 is 0 Å². The third kappa shape index (κ3) is 2.78. The highest BCUT2D eigenvalue weighted by Crippen LogP contribution is 2.25. The van der Waals surface area contributed by atoms with Gasteiger partial charge in [0.15, 0.2) is 0 Å². The van der Waals surface area contributed by atoms with E-state index in [1.54, 1.807) is 6.07 Å².